The van der Waals surface area contributed by atoms with E-state index >= 15 is 0 Å². The molecule has 3 aromatic rings. The first kappa shape index (κ1) is 22.3. The predicted molar refractivity (Wildman–Crippen MR) is 123 cm³/mol. The van der Waals surface area contributed by atoms with Crippen molar-refractivity contribution < 1.29 is 19.5 Å². The number of nitrogens with zero attached hydrogens (tertiary/aromatic N) is 2. The average Bonchev–Trinajstić information content (AvgIpc) is 3.23. The average molecular weight is 447 g/mol. The fraction of sp³-hybridized carbons (Fsp3) is 0.280. The lowest BCUT2D eigenvalue weighted by molar-refractivity contribution is -0.141. The second-order valence-corrected chi connectivity index (χ2v) is 8.11. The van der Waals surface area contributed by atoms with Crippen LogP contribution >= 0.6 is 0 Å². The van der Waals surface area contributed by atoms with Crippen molar-refractivity contribution in [2.75, 3.05) is 6.54 Å². The van der Waals surface area contributed by atoms with Crippen molar-refractivity contribution in [1.82, 2.24) is 20.2 Å². The number of carbonyl (C=O) groups excluding carboxylic acids is 2. The van der Waals surface area contributed by atoms with Crippen molar-refractivity contribution >= 4 is 17.8 Å². The number of nitrogens with one attached hydrogen (secondary N) is 2. The van der Waals surface area contributed by atoms with Crippen molar-refractivity contribution in [2.45, 2.75) is 37.8 Å². The number of carbonyl (C=O) groups is 3. The van der Waals surface area contributed by atoms with Gasteiger partial charge in [0.25, 0.3) is 0 Å². The van der Waals surface area contributed by atoms with E-state index in [1.807, 2.05) is 54.6 Å². The number of aliphatic carboxylic acids is 1. The molecule has 0 saturated carbocycles. The third kappa shape index (κ3) is 5.46. The molecule has 1 aliphatic heterocycles. The molecule has 2 amide bonds. The van der Waals surface area contributed by atoms with Crippen molar-refractivity contribution in [3.63, 3.8) is 0 Å². The number of imidazole rings is 1. The van der Waals surface area contributed by atoms with Gasteiger partial charge in [0, 0.05) is 18.3 Å². The molecule has 8 heteroatoms. The smallest absolute Gasteiger partial charge is 0.306 e. The van der Waals surface area contributed by atoms with Crippen LogP contribution in [0.15, 0.2) is 67.1 Å². The molecule has 3 N–H and O–H groups in total. The maximum atomic E-state index is 12.9. The highest BCUT2D eigenvalue weighted by molar-refractivity contribution is 5.90. The standard InChI is InChI=1S/C25H26N4O4/c30-23(31)14-22(25(33)28-20-8-4-5-13-26-24(20)32)29-15-21(27-16-29)19-11-9-18(10-12-19)17-6-2-1-3-7-17/h1-3,6-7,9-12,15-16,20,22H,4-5,8,13-14H2,(H,26,32)(H,28,33)(H,30,31). The van der Waals surface area contributed by atoms with E-state index in [9.17, 15) is 19.5 Å². The number of carboxylic acids is 1. The van der Waals surface area contributed by atoms with Gasteiger partial charge in [0.2, 0.25) is 11.8 Å². The Kier molecular flexibility index (Phi) is 6.83. The maximum absolute atomic E-state index is 12.9. The highest BCUT2D eigenvalue weighted by Crippen LogP contribution is 2.25. The van der Waals surface area contributed by atoms with Crippen LogP contribution in [0.25, 0.3) is 22.4 Å². The largest absolute Gasteiger partial charge is 0.481 e. The fourth-order valence-electron chi connectivity index (χ4n) is 3.96. The van der Waals surface area contributed by atoms with Gasteiger partial charge in [0.1, 0.15) is 12.1 Å². The highest BCUT2D eigenvalue weighted by atomic mass is 16.4. The van der Waals surface area contributed by atoms with E-state index in [-0.39, 0.29) is 5.91 Å². The van der Waals surface area contributed by atoms with Crippen LogP contribution in [-0.2, 0) is 14.4 Å². The van der Waals surface area contributed by atoms with Gasteiger partial charge in [-0.2, -0.15) is 0 Å². The molecular weight excluding hydrogens is 420 g/mol. The van der Waals surface area contributed by atoms with E-state index in [1.54, 1.807) is 6.20 Å². The third-order valence-electron chi connectivity index (χ3n) is 5.77. The molecule has 170 valence electrons. The summed E-state index contributed by atoms with van der Waals surface area (Å²) in [6, 6.07) is 16.2. The van der Waals surface area contributed by atoms with Crippen LogP contribution in [0.2, 0.25) is 0 Å². The summed E-state index contributed by atoms with van der Waals surface area (Å²) in [5, 5.41) is 14.9. The molecule has 8 nitrogen and oxygen atoms in total. The highest BCUT2D eigenvalue weighted by Gasteiger charge is 2.29. The molecule has 1 aromatic heterocycles. The first-order valence-electron chi connectivity index (χ1n) is 11.0. The topological polar surface area (TPSA) is 113 Å². The number of rotatable bonds is 7. The minimum Gasteiger partial charge on any atom is -0.481 e. The van der Waals surface area contributed by atoms with Gasteiger partial charge in [-0.05, 0) is 30.4 Å². The lowest BCUT2D eigenvalue weighted by Crippen LogP contribution is -2.47. The van der Waals surface area contributed by atoms with E-state index in [0.29, 0.717) is 18.7 Å². The Balaban J connectivity index is 1.52. The third-order valence-corrected chi connectivity index (χ3v) is 5.77. The fourth-order valence-corrected chi connectivity index (χ4v) is 3.96. The maximum Gasteiger partial charge on any atom is 0.306 e. The summed E-state index contributed by atoms with van der Waals surface area (Å²) < 4.78 is 1.50. The van der Waals surface area contributed by atoms with Crippen LogP contribution < -0.4 is 10.6 Å². The van der Waals surface area contributed by atoms with Crippen molar-refractivity contribution in [3.8, 4) is 22.4 Å². The number of hydrogen-bond donors (Lipinski definition) is 3. The molecule has 0 bridgehead atoms. The van der Waals surface area contributed by atoms with E-state index in [4.69, 9.17) is 0 Å². The van der Waals surface area contributed by atoms with Gasteiger partial charge in [0.15, 0.2) is 0 Å². The number of benzene rings is 2. The first-order chi connectivity index (χ1) is 16.0. The molecule has 1 saturated heterocycles. The number of aromatic nitrogens is 2. The van der Waals surface area contributed by atoms with Crippen LogP contribution in [0, 0.1) is 0 Å². The summed E-state index contributed by atoms with van der Waals surface area (Å²) in [4.78, 5) is 41.0. The van der Waals surface area contributed by atoms with Gasteiger partial charge in [-0.1, -0.05) is 54.6 Å². The second kappa shape index (κ2) is 10.1. The van der Waals surface area contributed by atoms with E-state index < -0.39 is 30.4 Å². The molecule has 0 radical (unpaired) electrons. The molecule has 33 heavy (non-hydrogen) atoms. The minimum atomic E-state index is -1.11. The summed E-state index contributed by atoms with van der Waals surface area (Å²) in [6.07, 6.45) is 4.90. The zero-order valence-electron chi connectivity index (χ0n) is 18.1. The van der Waals surface area contributed by atoms with Crippen LogP contribution in [0.3, 0.4) is 0 Å². The van der Waals surface area contributed by atoms with Crippen LogP contribution in [0.1, 0.15) is 31.7 Å². The van der Waals surface area contributed by atoms with Gasteiger partial charge in [-0.15, -0.1) is 0 Å². The Morgan fingerprint density at radius 1 is 1.06 bits per heavy atom. The zero-order chi connectivity index (χ0) is 23.2. The Bertz CT molecular complexity index is 1120. The Morgan fingerprint density at radius 2 is 1.76 bits per heavy atom. The molecule has 0 aliphatic carbocycles. The zero-order valence-corrected chi connectivity index (χ0v) is 18.1. The lowest BCUT2D eigenvalue weighted by atomic mass is 10.0. The Hall–Kier alpha value is -3.94. The van der Waals surface area contributed by atoms with Gasteiger partial charge in [0.05, 0.1) is 18.4 Å². The molecule has 1 aliphatic rings. The summed E-state index contributed by atoms with van der Waals surface area (Å²) >= 11 is 0. The first-order valence-corrected chi connectivity index (χ1v) is 11.0. The molecule has 1 fully saturated rings. The molecule has 2 aromatic carbocycles. The van der Waals surface area contributed by atoms with Crippen LogP contribution in [-0.4, -0.2) is 45.0 Å². The predicted octanol–water partition coefficient (Wildman–Crippen LogP) is 3.02. The Morgan fingerprint density at radius 3 is 2.48 bits per heavy atom. The summed E-state index contributed by atoms with van der Waals surface area (Å²) in [5.74, 6) is -1.86. The number of amides is 2. The normalized spacial score (nSPS) is 17.0. The molecule has 4 rings (SSSR count). The molecule has 0 spiro atoms. The Labute approximate surface area is 191 Å². The van der Waals surface area contributed by atoms with E-state index in [0.717, 1.165) is 29.5 Å². The van der Waals surface area contributed by atoms with Gasteiger partial charge < -0.3 is 20.3 Å². The van der Waals surface area contributed by atoms with Crippen molar-refractivity contribution in [2.24, 2.45) is 0 Å². The van der Waals surface area contributed by atoms with Crippen molar-refractivity contribution in [3.05, 3.63) is 67.1 Å². The molecular formula is C25H26N4O4. The molecule has 2 unspecified atom stereocenters. The lowest BCUT2D eigenvalue weighted by Gasteiger charge is -2.20. The SMILES string of the molecule is O=C(O)CC(C(=O)NC1CCCCNC1=O)n1cnc(-c2ccc(-c3ccccc3)cc2)c1. The van der Waals surface area contributed by atoms with Gasteiger partial charge in [-0.3, -0.25) is 14.4 Å². The van der Waals surface area contributed by atoms with E-state index in [1.165, 1.54) is 10.9 Å². The van der Waals surface area contributed by atoms with Gasteiger partial charge in [-0.25, -0.2) is 4.98 Å². The summed E-state index contributed by atoms with van der Waals surface area (Å²) in [7, 11) is 0. The van der Waals surface area contributed by atoms with Crippen LogP contribution in [0.5, 0.6) is 0 Å². The number of carboxylic acid groups (broad SMARTS) is 1. The monoisotopic (exact) mass is 446 g/mol. The number of hydrogen-bond acceptors (Lipinski definition) is 4. The van der Waals surface area contributed by atoms with Crippen LogP contribution in [0.4, 0.5) is 0 Å². The second-order valence-electron chi connectivity index (χ2n) is 8.11. The molecule has 2 atom stereocenters. The molecule has 2 heterocycles. The summed E-state index contributed by atoms with van der Waals surface area (Å²) in [5.41, 5.74) is 3.66. The summed E-state index contributed by atoms with van der Waals surface area (Å²) in [6.45, 7) is 0.581. The van der Waals surface area contributed by atoms with E-state index in [2.05, 4.69) is 15.6 Å². The van der Waals surface area contributed by atoms with Gasteiger partial charge >= 0.3 is 5.97 Å². The van der Waals surface area contributed by atoms with Crippen molar-refractivity contribution in [1.29, 1.82) is 0 Å². The minimum absolute atomic E-state index is 0.236. The quantitative estimate of drug-likeness (QED) is 0.516.